The molecule has 1 heteroatoms. The van der Waals surface area contributed by atoms with Crippen molar-refractivity contribution in [2.75, 3.05) is 13.6 Å². The summed E-state index contributed by atoms with van der Waals surface area (Å²) in [5.74, 6) is 0.871. The summed E-state index contributed by atoms with van der Waals surface area (Å²) >= 11 is 0. The van der Waals surface area contributed by atoms with Gasteiger partial charge in [-0.2, -0.15) is 0 Å². The molecule has 1 nitrogen and oxygen atoms in total. The zero-order valence-electron chi connectivity index (χ0n) is 10.8. The molecule has 0 bridgehead atoms. The molecule has 0 heterocycles. The Balaban J connectivity index is 3.44. The highest BCUT2D eigenvalue weighted by atomic mass is 14.8. The van der Waals surface area contributed by atoms with Crippen LogP contribution in [0.5, 0.6) is 0 Å². The summed E-state index contributed by atoms with van der Waals surface area (Å²) in [6.45, 7) is 10.6. The van der Waals surface area contributed by atoms with Gasteiger partial charge in [0.05, 0.1) is 0 Å². The Morgan fingerprint density at radius 1 is 1.07 bits per heavy atom. The Bertz CT molecular complexity index is 127. The maximum Gasteiger partial charge on any atom is -0.00468 e. The number of unbranched alkanes of at least 4 members (excludes halogenated alkanes) is 1. The quantitative estimate of drug-likeness (QED) is 0.586. The molecule has 0 aromatic heterocycles. The van der Waals surface area contributed by atoms with Crippen molar-refractivity contribution in [2.24, 2.45) is 11.3 Å². The van der Waals surface area contributed by atoms with Crippen molar-refractivity contribution < 1.29 is 0 Å². The highest BCUT2D eigenvalue weighted by molar-refractivity contribution is 4.69. The van der Waals surface area contributed by atoms with Gasteiger partial charge >= 0.3 is 0 Å². The monoisotopic (exact) mass is 199 g/mol. The fourth-order valence-corrected chi connectivity index (χ4v) is 1.74. The van der Waals surface area contributed by atoms with Crippen LogP contribution in [0, 0.1) is 11.3 Å². The number of rotatable bonds is 8. The molecule has 0 unspecified atom stereocenters. The lowest BCUT2D eigenvalue weighted by molar-refractivity contribution is 0.290. The second-order valence-corrected chi connectivity index (χ2v) is 5.66. The molecule has 14 heavy (non-hydrogen) atoms. The molecule has 0 atom stereocenters. The third kappa shape index (κ3) is 8.55. The predicted molar refractivity (Wildman–Crippen MR) is 65.6 cm³/mol. The van der Waals surface area contributed by atoms with E-state index in [1.165, 1.54) is 32.1 Å². The molecule has 0 saturated heterocycles. The van der Waals surface area contributed by atoms with Gasteiger partial charge in [-0.15, -0.1) is 0 Å². The molecule has 0 spiro atoms. The second kappa shape index (κ2) is 7.28. The normalized spacial score (nSPS) is 12.4. The van der Waals surface area contributed by atoms with Crippen molar-refractivity contribution in [2.45, 2.75) is 59.8 Å². The Morgan fingerprint density at radius 3 is 2.21 bits per heavy atom. The van der Waals surface area contributed by atoms with Crippen LogP contribution in [0.2, 0.25) is 0 Å². The Kier molecular flexibility index (Phi) is 7.26. The van der Waals surface area contributed by atoms with Gasteiger partial charge < -0.3 is 5.32 Å². The molecule has 0 aliphatic rings. The molecule has 0 aromatic rings. The van der Waals surface area contributed by atoms with Crippen LogP contribution in [0.3, 0.4) is 0 Å². The van der Waals surface area contributed by atoms with Crippen LogP contribution >= 0.6 is 0 Å². The van der Waals surface area contributed by atoms with Crippen LogP contribution in [-0.4, -0.2) is 13.6 Å². The van der Waals surface area contributed by atoms with Crippen LogP contribution in [0.25, 0.3) is 0 Å². The zero-order chi connectivity index (χ0) is 11.0. The van der Waals surface area contributed by atoms with E-state index in [0.29, 0.717) is 5.41 Å². The minimum atomic E-state index is 0.528. The van der Waals surface area contributed by atoms with Crippen molar-refractivity contribution in [3.63, 3.8) is 0 Å². The van der Waals surface area contributed by atoms with Crippen molar-refractivity contribution in [3.05, 3.63) is 0 Å². The Labute approximate surface area is 90.7 Å². The Hall–Kier alpha value is -0.0400. The molecule has 0 aliphatic carbocycles. The van der Waals surface area contributed by atoms with Gasteiger partial charge in [-0.1, -0.05) is 47.0 Å². The molecular formula is C13H29N. The Morgan fingerprint density at radius 2 is 1.71 bits per heavy atom. The summed E-state index contributed by atoms with van der Waals surface area (Å²) in [5, 5.41) is 3.23. The zero-order valence-corrected chi connectivity index (χ0v) is 10.8. The lowest BCUT2D eigenvalue weighted by Gasteiger charge is -2.24. The van der Waals surface area contributed by atoms with Crippen LogP contribution < -0.4 is 5.32 Å². The summed E-state index contributed by atoms with van der Waals surface area (Å²) in [6.07, 6.45) is 6.87. The van der Waals surface area contributed by atoms with E-state index >= 15 is 0 Å². The van der Waals surface area contributed by atoms with Crippen molar-refractivity contribution in [1.29, 1.82) is 0 Å². The van der Waals surface area contributed by atoms with Crippen LogP contribution in [0.1, 0.15) is 59.8 Å². The fourth-order valence-electron chi connectivity index (χ4n) is 1.74. The predicted octanol–water partition coefficient (Wildman–Crippen LogP) is 3.84. The molecule has 86 valence electrons. The van der Waals surface area contributed by atoms with Gasteiger partial charge in [-0.05, 0) is 37.8 Å². The van der Waals surface area contributed by atoms with E-state index in [0.717, 1.165) is 12.5 Å². The van der Waals surface area contributed by atoms with Gasteiger partial charge in [-0.25, -0.2) is 0 Å². The molecule has 1 N–H and O–H groups in total. The van der Waals surface area contributed by atoms with Gasteiger partial charge in [0.25, 0.3) is 0 Å². The number of hydrogen-bond donors (Lipinski definition) is 1. The molecule has 0 radical (unpaired) electrons. The van der Waals surface area contributed by atoms with Gasteiger partial charge in [0.2, 0.25) is 0 Å². The average molecular weight is 199 g/mol. The van der Waals surface area contributed by atoms with Crippen molar-refractivity contribution in [3.8, 4) is 0 Å². The van der Waals surface area contributed by atoms with Gasteiger partial charge in [0.15, 0.2) is 0 Å². The first-order valence-corrected chi connectivity index (χ1v) is 6.12. The van der Waals surface area contributed by atoms with Crippen LogP contribution in [0.4, 0.5) is 0 Å². The first kappa shape index (κ1) is 14.0. The van der Waals surface area contributed by atoms with E-state index in [-0.39, 0.29) is 0 Å². The standard InChI is InChI=1S/C13H29N/c1-12(2)8-6-7-9-13(3,4)10-11-14-5/h12,14H,6-11H2,1-5H3. The molecule has 0 fully saturated rings. The molecule has 0 amide bonds. The summed E-state index contributed by atoms with van der Waals surface area (Å²) < 4.78 is 0. The lowest BCUT2D eigenvalue weighted by atomic mass is 9.83. The van der Waals surface area contributed by atoms with Gasteiger partial charge in [-0.3, -0.25) is 0 Å². The smallest absolute Gasteiger partial charge is 0.00468 e. The first-order chi connectivity index (χ1) is 6.48. The molecule has 0 saturated carbocycles. The van der Waals surface area contributed by atoms with E-state index in [9.17, 15) is 0 Å². The van der Waals surface area contributed by atoms with Crippen LogP contribution in [-0.2, 0) is 0 Å². The topological polar surface area (TPSA) is 12.0 Å². The van der Waals surface area contributed by atoms with E-state index in [1.807, 2.05) is 7.05 Å². The average Bonchev–Trinajstić information content (AvgIpc) is 2.09. The molecule has 0 rings (SSSR count). The van der Waals surface area contributed by atoms with Crippen molar-refractivity contribution >= 4 is 0 Å². The third-order valence-corrected chi connectivity index (χ3v) is 2.94. The summed E-state index contributed by atoms with van der Waals surface area (Å²) in [6, 6.07) is 0. The van der Waals surface area contributed by atoms with E-state index in [4.69, 9.17) is 0 Å². The lowest BCUT2D eigenvalue weighted by Crippen LogP contribution is -2.19. The maximum atomic E-state index is 3.23. The van der Waals surface area contributed by atoms with E-state index < -0.39 is 0 Å². The minimum absolute atomic E-state index is 0.528. The van der Waals surface area contributed by atoms with E-state index in [2.05, 4.69) is 33.0 Å². The van der Waals surface area contributed by atoms with Crippen LogP contribution in [0.15, 0.2) is 0 Å². The summed E-state index contributed by atoms with van der Waals surface area (Å²) in [4.78, 5) is 0. The molecule has 0 aliphatic heterocycles. The maximum absolute atomic E-state index is 3.23. The highest BCUT2D eigenvalue weighted by Crippen LogP contribution is 2.27. The number of nitrogens with one attached hydrogen (secondary N) is 1. The SMILES string of the molecule is CNCCC(C)(C)CCCCC(C)C. The third-order valence-electron chi connectivity index (χ3n) is 2.94. The fraction of sp³-hybridized carbons (Fsp3) is 1.00. The number of hydrogen-bond acceptors (Lipinski definition) is 1. The van der Waals surface area contributed by atoms with Gasteiger partial charge in [0.1, 0.15) is 0 Å². The highest BCUT2D eigenvalue weighted by Gasteiger charge is 2.16. The van der Waals surface area contributed by atoms with Crippen molar-refractivity contribution in [1.82, 2.24) is 5.32 Å². The van der Waals surface area contributed by atoms with E-state index in [1.54, 1.807) is 0 Å². The second-order valence-electron chi connectivity index (χ2n) is 5.66. The summed E-state index contributed by atoms with van der Waals surface area (Å²) in [5.41, 5.74) is 0.528. The molecular weight excluding hydrogens is 170 g/mol. The largest absolute Gasteiger partial charge is 0.320 e. The first-order valence-electron chi connectivity index (χ1n) is 6.12. The summed E-state index contributed by atoms with van der Waals surface area (Å²) in [7, 11) is 2.04. The molecule has 0 aromatic carbocycles. The minimum Gasteiger partial charge on any atom is -0.320 e. The van der Waals surface area contributed by atoms with Gasteiger partial charge in [0, 0.05) is 0 Å².